The van der Waals surface area contributed by atoms with Crippen LogP contribution in [0, 0.1) is 5.41 Å². The molecule has 0 saturated carbocycles. The van der Waals surface area contributed by atoms with Crippen molar-refractivity contribution in [2.75, 3.05) is 52.9 Å². The number of carbonyl (C=O) groups excluding carboxylic acids is 2. The monoisotopic (exact) mass is 268 g/mol. The first-order chi connectivity index (χ1) is 9.05. The second-order valence-corrected chi connectivity index (χ2v) is 5.73. The molecule has 0 aliphatic carbocycles. The predicted octanol–water partition coefficient (Wildman–Crippen LogP) is -1.12. The summed E-state index contributed by atoms with van der Waals surface area (Å²) in [6.07, 6.45) is 0.821. The zero-order valence-electron chi connectivity index (χ0n) is 11.9. The van der Waals surface area contributed by atoms with Crippen LogP contribution in [0.1, 0.15) is 13.3 Å². The highest BCUT2D eigenvalue weighted by molar-refractivity contribution is 5.83. The van der Waals surface area contributed by atoms with Gasteiger partial charge >= 0.3 is 0 Å². The lowest BCUT2D eigenvalue weighted by atomic mass is 9.89. The van der Waals surface area contributed by atoms with Gasteiger partial charge in [0.15, 0.2) is 0 Å². The van der Waals surface area contributed by atoms with Crippen molar-refractivity contribution in [3.8, 4) is 0 Å². The molecule has 2 saturated heterocycles. The molecular weight excluding hydrogens is 244 g/mol. The van der Waals surface area contributed by atoms with E-state index in [1.807, 2.05) is 11.8 Å². The van der Waals surface area contributed by atoms with E-state index in [1.165, 1.54) is 0 Å². The summed E-state index contributed by atoms with van der Waals surface area (Å²) < 4.78 is 0. The van der Waals surface area contributed by atoms with Crippen LogP contribution in [-0.4, -0.2) is 74.5 Å². The molecule has 19 heavy (non-hydrogen) atoms. The highest BCUT2D eigenvalue weighted by Crippen LogP contribution is 2.29. The quantitative estimate of drug-likeness (QED) is 0.680. The van der Waals surface area contributed by atoms with Crippen LogP contribution >= 0.6 is 0 Å². The summed E-state index contributed by atoms with van der Waals surface area (Å²) in [5, 5.41) is 5.95. The van der Waals surface area contributed by atoms with Gasteiger partial charge in [-0.3, -0.25) is 14.5 Å². The summed E-state index contributed by atoms with van der Waals surface area (Å²) >= 11 is 0. The molecule has 6 nitrogen and oxygen atoms in total. The van der Waals surface area contributed by atoms with Crippen molar-refractivity contribution in [3.05, 3.63) is 0 Å². The van der Waals surface area contributed by atoms with Crippen molar-refractivity contribution in [2.24, 2.45) is 5.41 Å². The van der Waals surface area contributed by atoms with Crippen LogP contribution in [0.2, 0.25) is 0 Å². The molecule has 0 bridgehead atoms. The van der Waals surface area contributed by atoms with Crippen LogP contribution in [0.3, 0.4) is 0 Å². The molecule has 0 spiro atoms. The number of hydrogen-bond donors (Lipinski definition) is 2. The topological polar surface area (TPSA) is 64.7 Å². The average Bonchev–Trinajstić information content (AvgIpc) is 2.81. The Morgan fingerprint density at radius 2 is 1.95 bits per heavy atom. The molecule has 6 heteroatoms. The first kappa shape index (κ1) is 14.3. The third-order valence-corrected chi connectivity index (χ3v) is 4.16. The number of rotatable bonds is 3. The third kappa shape index (κ3) is 3.25. The lowest BCUT2D eigenvalue weighted by Gasteiger charge is -2.29. The maximum absolute atomic E-state index is 12.2. The molecule has 0 aromatic carbocycles. The number of amides is 2. The van der Waals surface area contributed by atoms with Gasteiger partial charge in [-0.2, -0.15) is 0 Å². The van der Waals surface area contributed by atoms with E-state index < -0.39 is 0 Å². The minimum absolute atomic E-state index is 0.0737. The number of nitrogens with zero attached hydrogens (tertiary/aromatic N) is 2. The van der Waals surface area contributed by atoms with E-state index >= 15 is 0 Å². The molecule has 2 fully saturated rings. The molecular formula is C13H24N4O2. The normalized spacial score (nSPS) is 28.4. The summed E-state index contributed by atoms with van der Waals surface area (Å²) in [4.78, 5) is 28.0. The molecule has 2 amide bonds. The van der Waals surface area contributed by atoms with Gasteiger partial charge in [0.2, 0.25) is 11.8 Å². The Labute approximate surface area is 114 Å². The highest BCUT2D eigenvalue weighted by atomic mass is 16.2. The van der Waals surface area contributed by atoms with E-state index in [0.717, 1.165) is 39.1 Å². The molecule has 1 atom stereocenters. The summed E-state index contributed by atoms with van der Waals surface area (Å²) in [6, 6.07) is 0. The van der Waals surface area contributed by atoms with Gasteiger partial charge in [0.05, 0.1) is 12.0 Å². The van der Waals surface area contributed by atoms with E-state index in [-0.39, 0.29) is 17.2 Å². The van der Waals surface area contributed by atoms with Crippen molar-refractivity contribution in [1.29, 1.82) is 0 Å². The van der Waals surface area contributed by atoms with Crippen LogP contribution in [0.15, 0.2) is 0 Å². The van der Waals surface area contributed by atoms with Crippen molar-refractivity contribution >= 4 is 11.8 Å². The molecule has 108 valence electrons. The van der Waals surface area contributed by atoms with E-state index in [9.17, 15) is 9.59 Å². The number of piperazine rings is 1. The molecule has 2 aliphatic rings. The van der Waals surface area contributed by atoms with E-state index in [0.29, 0.717) is 13.1 Å². The molecule has 2 aliphatic heterocycles. The Hall–Kier alpha value is -1.14. The van der Waals surface area contributed by atoms with Crippen molar-refractivity contribution in [1.82, 2.24) is 20.4 Å². The molecule has 0 aromatic rings. The number of likely N-dealkylation sites (tertiary alicyclic amines) is 1. The van der Waals surface area contributed by atoms with Crippen LogP contribution < -0.4 is 10.6 Å². The Balaban J connectivity index is 1.84. The first-order valence-electron chi connectivity index (χ1n) is 6.98. The lowest BCUT2D eigenvalue weighted by molar-refractivity contribution is -0.134. The fourth-order valence-electron chi connectivity index (χ4n) is 2.88. The van der Waals surface area contributed by atoms with E-state index in [2.05, 4.69) is 15.5 Å². The van der Waals surface area contributed by atoms with Crippen LogP contribution in [0.25, 0.3) is 0 Å². The van der Waals surface area contributed by atoms with Gasteiger partial charge in [0, 0.05) is 39.8 Å². The fourth-order valence-corrected chi connectivity index (χ4v) is 2.88. The van der Waals surface area contributed by atoms with Gasteiger partial charge < -0.3 is 15.5 Å². The average molecular weight is 268 g/mol. The summed E-state index contributed by atoms with van der Waals surface area (Å²) in [5.41, 5.74) is -0.349. The zero-order valence-corrected chi connectivity index (χ0v) is 11.9. The van der Waals surface area contributed by atoms with Gasteiger partial charge in [-0.15, -0.1) is 0 Å². The molecule has 2 rings (SSSR count). The minimum Gasteiger partial charge on any atom is -0.359 e. The number of hydrogen-bond acceptors (Lipinski definition) is 4. The maximum atomic E-state index is 12.2. The summed E-state index contributed by atoms with van der Waals surface area (Å²) in [7, 11) is 1.67. The first-order valence-corrected chi connectivity index (χ1v) is 6.98. The number of carbonyl (C=O) groups is 2. The van der Waals surface area contributed by atoms with Crippen molar-refractivity contribution in [3.63, 3.8) is 0 Å². The second-order valence-electron chi connectivity index (χ2n) is 5.73. The van der Waals surface area contributed by atoms with Gasteiger partial charge in [-0.05, 0) is 19.9 Å². The molecule has 2 heterocycles. The van der Waals surface area contributed by atoms with E-state index in [1.54, 1.807) is 7.05 Å². The number of nitrogens with one attached hydrogen (secondary N) is 2. The fraction of sp³-hybridized carbons (Fsp3) is 0.846. The highest BCUT2D eigenvalue weighted by Gasteiger charge is 2.40. The van der Waals surface area contributed by atoms with Gasteiger partial charge in [0.1, 0.15) is 0 Å². The largest absolute Gasteiger partial charge is 0.359 e. The van der Waals surface area contributed by atoms with Crippen molar-refractivity contribution in [2.45, 2.75) is 13.3 Å². The predicted molar refractivity (Wildman–Crippen MR) is 72.7 cm³/mol. The Morgan fingerprint density at radius 1 is 1.26 bits per heavy atom. The van der Waals surface area contributed by atoms with E-state index in [4.69, 9.17) is 0 Å². The molecule has 2 N–H and O–H groups in total. The van der Waals surface area contributed by atoms with Gasteiger partial charge in [-0.1, -0.05) is 0 Å². The SMILES string of the molecule is CNC(=O)C1(C)CCN(CC(=O)N2CCNCC2)C1. The maximum Gasteiger partial charge on any atom is 0.236 e. The lowest BCUT2D eigenvalue weighted by Crippen LogP contribution is -2.49. The van der Waals surface area contributed by atoms with Gasteiger partial charge in [0.25, 0.3) is 0 Å². The van der Waals surface area contributed by atoms with Crippen LogP contribution in [0.4, 0.5) is 0 Å². The Morgan fingerprint density at radius 3 is 2.58 bits per heavy atom. The second kappa shape index (κ2) is 5.88. The standard InChI is InChI=1S/C13H24N4O2/c1-13(12(19)14-2)3-6-16(10-13)9-11(18)17-7-4-15-5-8-17/h15H,3-10H2,1-2H3,(H,14,19). The third-order valence-electron chi connectivity index (χ3n) is 4.16. The summed E-state index contributed by atoms with van der Waals surface area (Å²) in [5.74, 6) is 0.257. The summed E-state index contributed by atoms with van der Waals surface area (Å²) in [6.45, 7) is 7.24. The molecule has 0 aromatic heterocycles. The van der Waals surface area contributed by atoms with Crippen LogP contribution in [0.5, 0.6) is 0 Å². The minimum atomic E-state index is -0.349. The Bertz CT molecular complexity index is 355. The molecule has 1 unspecified atom stereocenters. The molecule has 0 radical (unpaired) electrons. The van der Waals surface area contributed by atoms with Crippen LogP contribution in [-0.2, 0) is 9.59 Å². The Kier molecular flexibility index (Phi) is 4.42. The smallest absolute Gasteiger partial charge is 0.236 e. The van der Waals surface area contributed by atoms with Gasteiger partial charge in [-0.25, -0.2) is 0 Å². The zero-order chi connectivity index (χ0) is 13.9. The van der Waals surface area contributed by atoms with Crippen molar-refractivity contribution < 1.29 is 9.59 Å².